The summed E-state index contributed by atoms with van der Waals surface area (Å²) in [4.78, 5) is 0. The van der Waals surface area contributed by atoms with Gasteiger partial charge in [-0.3, -0.25) is 0 Å². The van der Waals surface area contributed by atoms with Gasteiger partial charge >= 0.3 is 0 Å². The summed E-state index contributed by atoms with van der Waals surface area (Å²) < 4.78 is 18.4. The van der Waals surface area contributed by atoms with Gasteiger partial charge in [-0.1, -0.05) is 0 Å². The van der Waals surface area contributed by atoms with E-state index in [0.717, 1.165) is 17.6 Å². The highest BCUT2D eigenvalue weighted by molar-refractivity contribution is 5.77. The van der Waals surface area contributed by atoms with Gasteiger partial charge in [-0.25, -0.2) is 4.39 Å². The highest BCUT2D eigenvalue weighted by atomic mass is 19.1. The minimum absolute atomic E-state index is 0.259. The molecule has 1 aromatic heterocycles. The molecule has 0 saturated heterocycles. The smallest absolute Gasteiger partial charge is 0.137 e. The molecule has 0 amide bonds. The van der Waals surface area contributed by atoms with Gasteiger partial charge in [0.1, 0.15) is 17.2 Å². The molecule has 0 bridgehead atoms. The molecule has 2 rings (SSSR count). The molecule has 0 fully saturated rings. The topological polar surface area (TPSA) is 25.2 Å². The van der Waals surface area contributed by atoms with E-state index in [1.54, 1.807) is 6.07 Å². The Balaban J connectivity index is 2.30. The summed E-state index contributed by atoms with van der Waals surface area (Å²) in [5.74, 6) is 0.627. The van der Waals surface area contributed by atoms with Crippen molar-refractivity contribution in [3.8, 4) is 0 Å². The molecule has 0 spiro atoms. The lowest BCUT2D eigenvalue weighted by Crippen LogP contribution is -2.23. The van der Waals surface area contributed by atoms with E-state index in [-0.39, 0.29) is 5.82 Å². The van der Waals surface area contributed by atoms with E-state index in [0.29, 0.717) is 11.6 Å². The Hall–Kier alpha value is -1.35. The second-order valence-corrected chi connectivity index (χ2v) is 3.79. The summed E-state index contributed by atoms with van der Waals surface area (Å²) in [5, 5.41) is 4.09. The second kappa shape index (κ2) is 4.03. The lowest BCUT2D eigenvalue weighted by Gasteiger charge is -2.06. The lowest BCUT2D eigenvalue weighted by molar-refractivity contribution is 0.496. The molecule has 1 aromatic carbocycles. The molecule has 0 aliphatic carbocycles. The third-order valence-electron chi connectivity index (χ3n) is 2.53. The molecule has 80 valence electrons. The fraction of sp³-hybridized carbons (Fsp3) is 0.333. The Kier molecular flexibility index (Phi) is 2.73. The van der Waals surface area contributed by atoms with Gasteiger partial charge in [0, 0.05) is 23.9 Å². The van der Waals surface area contributed by atoms with Crippen molar-refractivity contribution in [2.24, 2.45) is 0 Å². The highest BCUT2D eigenvalue weighted by Crippen LogP contribution is 2.21. The fourth-order valence-electron chi connectivity index (χ4n) is 1.56. The Labute approximate surface area is 88.1 Å². The normalized spacial score (nSPS) is 13.3. The van der Waals surface area contributed by atoms with Crippen LogP contribution < -0.4 is 5.32 Å². The van der Waals surface area contributed by atoms with Crippen LogP contribution in [0.1, 0.15) is 12.7 Å². The van der Waals surface area contributed by atoms with Crippen LogP contribution in [0.5, 0.6) is 0 Å². The number of benzene rings is 1. The first-order chi connectivity index (χ1) is 7.19. The zero-order valence-electron chi connectivity index (χ0n) is 8.88. The van der Waals surface area contributed by atoms with Crippen LogP contribution in [0.25, 0.3) is 11.0 Å². The number of nitrogens with one attached hydrogen (secondary N) is 1. The molecule has 1 atom stereocenters. The van der Waals surface area contributed by atoms with E-state index in [1.165, 1.54) is 12.1 Å². The van der Waals surface area contributed by atoms with Gasteiger partial charge in [0.05, 0.1) is 0 Å². The Morgan fingerprint density at radius 2 is 2.20 bits per heavy atom. The molecule has 15 heavy (non-hydrogen) atoms. The predicted molar refractivity (Wildman–Crippen MR) is 58.4 cm³/mol. The van der Waals surface area contributed by atoms with Gasteiger partial charge in [-0.2, -0.15) is 0 Å². The van der Waals surface area contributed by atoms with E-state index in [4.69, 9.17) is 4.42 Å². The molecule has 3 heteroatoms. The first kappa shape index (κ1) is 10.2. The van der Waals surface area contributed by atoms with Crippen LogP contribution in [-0.4, -0.2) is 13.1 Å². The summed E-state index contributed by atoms with van der Waals surface area (Å²) in [5.41, 5.74) is 0.619. The van der Waals surface area contributed by atoms with Gasteiger partial charge in [0.25, 0.3) is 0 Å². The molecule has 2 nitrogen and oxygen atoms in total. The van der Waals surface area contributed by atoms with E-state index < -0.39 is 0 Å². The maximum Gasteiger partial charge on any atom is 0.137 e. The van der Waals surface area contributed by atoms with Crippen LogP contribution >= 0.6 is 0 Å². The molecule has 0 aliphatic rings. The summed E-state index contributed by atoms with van der Waals surface area (Å²) in [6.45, 7) is 2.08. The Bertz CT molecular complexity index is 464. The van der Waals surface area contributed by atoms with Crippen LogP contribution in [0.4, 0.5) is 4.39 Å². The first-order valence-corrected chi connectivity index (χ1v) is 5.04. The van der Waals surface area contributed by atoms with Gasteiger partial charge in [0.15, 0.2) is 0 Å². The number of hydrogen-bond acceptors (Lipinski definition) is 2. The van der Waals surface area contributed by atoms with Crippen molar-refractivity contribution < 1.29 is 8.81 Å². The maximum atomic E-state index is 12.9. The van der Waals surface area contributed by atoms with Crippen molar-refractivity contribution >= 4 is 11.0 Å². The molecule has 0 radical (unpaired) electrons. The fourth-order valence-corrected chi connectivity index (χ4v) is 1.56. The van der Waals surface area contributed by atoms with Crippen LogP contribution in [0.2, 0.25) is 0 Å². The first-order valence-electron chi connectivity index (χ1n) is 5.04. The average molecular weight is 207 g/mol. The number of hydrogen-bond donors (Lipinski definition) is 1. The maximum absolute atomic E-state index is 12.9. The SMILES string of the molecule is CNC(C)Cc1cc2ccc(F)cc2o1. The summed E-state index contributed by atoms with van der Waals surface area (Å²) >= 11 is 0. The Morgan fingerprint density at radius 1 is 1.40 bits per heavy atom. The monoisotopic (exact) mass is 207 g/mol. The quantitative estimate of drug-likeness (QED) is 0.837. The summed E-state index contributed by atoms with van der Waals surface area (Å²) in [6.07, 6.45) is 0.812. The summed E-state index contributed by atoms with van der Waals surface area (Å²) in [7, 11) is 1.91. The third kappa shape index (κ3) is 2.18. The van der Waals surface area contributed by atoms with Crippen molar-refractivity contribution in [1.29, 1.82) is 0 Å². The van der Waals surface area contributed by atoms with Crippen molar-refractivity contribution in [3.63, 3.8) is 0 Å². The summed E-state index contributed by atoms with van der Waals surface area (Å²) in [6, 6.07) is 6.92. The van der Waals surface area contributed by atoms with E-state index in [1.807, 2.05) is 13.1 Å². The molecular formula is C12H14FNO. The van der Waals surface area contributed by atoms with E-state index >= 15 is 0 Å². The van der Waals surface area contributed by atoms with Crippen LogP contribution in [0.3, 0.4) is 0 Å². The third-order valence-corrected chi connectivity index (χ3v) is 2.53. The van der Waals surface area contributed by atoms with Crippen molar-refractivity contribution in [3.05, 3.63) is 35.8 Å². The zero-order chi connectivity index (χ0) is 10.8. The molecule has 0 saturated carbocycles. The van der Waals surface area contributed by atoms with E-state index in [2.05, 4.69) is 12.2 Å². The number of fused-ring (bicyclic) bond motifs is 1. The van der Waals surface area contributed by atoms with E-state index in [9.17, 15) is 4.39 Å². The standard InChI is InChI=1S/C12H14FNO/c1-8(14-2)5-11-6-9-3-4-10(13)7-12(9)15-11/h3-4,6-8,14H,5H2,1-2H3. The molecular weight excluding hydrogens is 193 g/mol. The van der Waals surface area contributed by atoms with Gasteiger partial charge in [-0.05, 0) is 32.2 Å². The van der Waals surface area contributed by atoms with Gasteiger partial charge in [0.2, 0.25) is 0 Å². The number of halogens is 1. The molecule has 1 heterocycles. The Morgan fingerprint density at radius 3 is 2.93 bits per heavy atom. The predicted octanol–water partition coefficient (Wildman–Crippen LogP) is 2.72. The lowest BCUT2D eigenvalue weighted by atomic mass is 10.2. The van der Waals surface area contributed by atoms with Crippen molar-refractivity contribution in [1.82, 2.24) is 5.32 Å². The number of likely N-dealkylation sites (N-methyl/N-ethyl adjacent to an activating group) is 1. The van der Waals surface area contributed by atoms with Gasteiger partial charge in [-0.15, -0.1) is 0 Å². The minimum Gasteiger partial charge on any atom is -0.461 e. The highest BCUT2D eigenvalue weighted by Gasteiger charge is 2.07. The molecule has 0 aliphatic heterocycles. The number of rotatable bonds is 3. The van der Waals surface area contributed by atoms with Crippen LogP contribution in [0.15, 0.2) is 28.7 Å². The van der Waals surface area contributed by atoms with Crippen molar-refractivity contribution in [2.45, 2.75) is 19.4 Å². The van der Waals surface area contributed by atoms with Crippen LogP contribution in [0, 0.1) is 5.82 Å². The molecule has 1 N–H and O–H groups in total. The van der Waals surface area contributed by atoms with Gasteiger partial charge < -0.3 is 9.73 Å². The van der Waals surface area contributed by atoms with Crippen LogP contribution in [-0.2, 0) is 6.42 Å². The number of furan rings is 1. The van der Waals surface area contributed by atoms with Crippen molar-refractivity contribution in [2.75, 3.05) is 7.05 Å². The largest absolute Gasteiger partial charge is 0.461 e. The zero-order valence-corrected chi connectivity index (χ0v) is 8.88. The molecule has 2 aromatic rings. The molecule has 1 unspecified atom stereocenters. The second-order valence-electron chi connectivity index (χ2n) is 3.79. The average Bonchev–Trinajstić information content (AvgIpc) is 2.59. The minimum atomic E-state index is -0.259.